The van der Waals surface area contributed by atoms with Gasteiger partial charge in [0.05, 0.1) is 11.5 Å². The maximum absolute atomic E-state index is 8.87. The Morgan fingerprint density at radius 1 is 0.958 bits per heavy atom. The number of rotatable bonds is 6. The highest BCUT2D eigenvalue weighted by Crippen LogP contribution is 2.23. The van der Waals surface area contributed by atoms with Crippen molar-refractivity contribution in [3.63, 3.8) is 0 Å². The standard InChI is InChI=1S/C20H20ClNO2/c21-16-9-10-19-17(13-16)18(22-11-5-2-6-12-23)14-20(24-19)15-7-3-1-4-8-15/h1,3-4,7-10,13-14,23H,2,5-6,11-12H2/p+1. The number of aliphatic hydroxyl groups is 1. The fourth-order valence-corrected chi connectivity index (χ4v) is 2.86. The summed E-state index contributed by atoms with van der Waals surface area (Å²) in [6, 6.07) is 17.7. The van der Waals surface area contributed by atoms with Gasteiger partial charge in [-0.2, -0.15) is 0 Å². The number of fused-ring (bicyclic) bond motifs is 1. The molecule has 0 bridgehead atoms. The highest BCUT2D eigenvalue weighted by molar-refractivity contribution is 6.31. The second-order valence-corrected chi connectivity index (χ2v) is 6.18. The molecule has 0 amide bonds. The first-order valence-corrected chi connectivity index (χ1v) is 8.62. The van der Waals surface area contributed by atoms with Crippen molar-refractivity contribution < 1.29 is 14.5 Å². The Hall–Kier alpha value is -2.10. The van der Waals surface area contributed by atoms with E-state index >= 15 is 0 Å². The third kappa shape index (κ3) is 4.05. The van der Waals surface area contributed by atoms with Gasteiger partial charge in [0.1, 0.15) is 17.9 Å². The Balaban J connectivity index is 2.03. The maximum Gasteiger partial charge on any atom is 0.213 e. The molecule has 24 heavy (non-hydrogen) atoms. The lowest BCUT2D eigenvalue weighted by atomic mass is 10.1. The molecule has 0 aliphatic heterocycles. The van der Waals surface area contributed by atoms with Crippen LogP contribution in [0.25, 0.3) is 22.3 Å². The summed E-state index contributed by atoms with van der Waals surface area (Å²) in [5.74, 6) is 0.822. The summed E-state index contributed by atoms with van der Waals surface area (Å²) in [4.78, 5) is 3.48. The maximum atomic E-state index is 8.87. The fraction of sp³-hybridized carbons (Fsp3) is 0.250. The van der Waals surface area contributed by atoms with E-state index in [4.69, 9.17) is 21.1 Å². The molecule has 0 saturated heterocycles. The summed E-state index contributed by atoms with van der Waals surface area (Å²) in [7, 11) is 0. The van der Waals surface area contributed by atoms with Crippen molar-refractivity contribution in [1.29, 1.82) is 0 Å². The SMILES string of the molecule is OCCCCC[NH+]=c1cc(-c2ccccc2)oc2ccc(Cl)cc12. The molecule has 0 fully saturated rings. The van der Waals surface area contributed by atoms with Crippen molar-refractivity contribution in [2.24, 2.45) is 0 Å². The molecule has 0 spiro atoms. The molecule has 3 rings (SSSR count). The zero-order valence-electron chi connectivity index (χ0n) is 13.5. The molecular weight excluding hydrogens is 322 g/mol. The zero-order chi connectivity index (χ0) is 16.8. The first-order chi connectivity index (χ1) is 11.8. The minimum Gasteiger partial charge on any atom is -0.456 e. The zero-order valence-corrected chi connectivity index (χ0v) is 14.2. The molecule has 3 nitrogen and oxygen atoms in total. The van der Waals surface area contributed by atoms with E-state index in [0.717, 1.165) is 53.5 Å². The van der Waals surface area contributed by atoms with Crippen LogP contribution in [0.2, 0.25) is 5.02 Å². The van der Waals surface area contributed by atoms with E-state index in [9.17, 15) is 0 Å². The fourth-order valence-electron chi connectivity index (χ4n) is 2.69. The smallest absolute Gasteiger partial charge is 0.213 e. The third-order valence-corrected chi connectivity index (χ3v) is 4.17. The van der Waals surface area contributed by atoms with Gasteiger partial charge in [-0.15, -0.1) is 0 Å². The van der Waals surface area contributed by atoms with Gasteiger partial charge >= 0.3 is 0 Å². The Morgan fingerprint density at radius 3 is 2.58 bits per heavy atom. The normalized spacial score (nSPS) is 12.0. The van der Waals surface area contributed by atoms with E-state index in [2.05, 4.69) is 4.99 Å². The highest BCUT2D eigenvalue weighted by Gasteiger charge is 2.09. The van der Waals surface area contributed by atoms with Gasteiger partial charge in [0.2, 0.25) is 5.36 Å². The molecule has 2 aromatic carbocycles. The van der Waals surface area contributed by atoms with E-state index < -0.39 is 0 Å². The van der Waals surface area contributed by atoms with Gasteiger partial charge in [0.25, 0.3) is 0 Å². The van der Waals surface area contributed by atoms with Gasteiger partial charge in [-0.1, -0.05) is 41.9 Å². The van der Waals surface area contributed by atoms with Crippen LogP contribution in [0.15, 0.2) is 59.0 Å². The van der Waals surface area contributed by atoms with Crippen LogP contribution in [-0.4, -0.2) is 18.3 Å². The van der Waals surface area contributed by atoms with Gasteiger partial charge in [-0.05, 0) is 31.0 Å². The van der Waals surface area contributed by atoms with Gasteiger partial charge in [0.15, 0.2) is 0 Å². The van der Waals surface area contributed by atoms with E-state index in [-0.39, 0.29) is 6.61 Å². The molecule has 0 unspecified atom stereocenters. The van der Waals surface area contributed by atoms with Crippen molar-refractivity contribution >= 4 is 22.6 Å². The first-order valence-electron chi connectivity index (χ1n) is 8.24. The summed E-state index contributed by atoms with van der Waals surface area (Å²) in [5.41, 5.74) is 1.84. The number of hydrogen-bond acceptors (Lipinski definition) is 2. The molecule has 1 aromatic heterocycles. The number of aliphatic hydroxyl groups excluding tert-OH is 1. The topological polar surface area (TPSA) is 47.3 Å². The van der Waals surface area contributed by atoms with Crippen LogP contribution in [0.3, 0.4) is 0 Å². The summed E-state index contributed by atoms with van der Waals surface area (Å²) in [5, 5.41) is 11.5. The van der Waals surface area contributed by atoms with Gasteiger partial charge in [-0.25, -0.2) is 4.99 Å². The predicted octanol–water partition coefficient (Wildman–Crippen LogP) is 2.90. The number of halogens is 1. The first kappa shape index (κ1) is 16.7. The van der Waals surface area contributed by atoms with Gasteiger partial charge < -0.3 is 9.52 Å². The largest absolute Gasteiger partial charge is 0.456 e. The lowest BCUT2D eigenvalue weighted by Crippen LogP contribution is -2.76. The highest BCUT2D eigenvalue weighted by atomic mass is 35.5. The second kappa shape index (κ2) is 8.13. The molecule has 0 saturated carbocycles. The van der Waals surface area contributed by atoms with E-state index in [1.54, 1.807) is 0 Å². The number of unbranched alkanes of at least 4 members (excludes halogenated alkanes) is 2. The average molecular weight is 343 g/mol. The van der Waals surface area contributed by atoms with E-state index in [0.29, 0.717) is 5.02 Å². The summed E-state index contributed by atoms with van der Waals surface area (Å²) in [6.07, 6.45) is 2.86. The van der Waals surface area contributed by atoms with Crippen LogP contribution < -0.4 is 10.3 Å². The molecule has 4 heteroatoms. The number of hydrogen-bond donors (Lipinski definition) is 2. The minimum atomic E-state index is 0.251. The van der Waals surface area contributed by atoms with Crippen LogP contribution in [-0.2, 0) is 0 Å². The lowest BCUT2D eigenvalue weighted by molar-refractivity contribution is -0.499. The van der Waals surface area contributed by atoms with Crippen molar-refractivity contribution in [1.82, 2.24) is 0 Å². The summed E-state index contributed by atoms with van der Waals surface area (Å²) < 4.78 is 6.06. The van der Waals surface area contributed by atoms with Crippen molar-refractivity contribution in [2.75, 3.05) is 13.2 Å². The van der Waals surface area contributed by atoms with Crippen molar-refractivity contribution in [3.05, 3.63) is 65.0 Å². The van der Waals surface area contributed by atoms with Crippen molar-refractivity contribution in [3.8, 4) is 11.3 Å². The van der Waals surface area contributed by atoms with Gasteiger partial charge in [-0.3, -0.25) is 0 Å². The second-order valence-electron chi connectivity index (χ2n) is 5.74. The predicted molar refractivity (Wildman–Crippen MR) is 96.6 cm³/mol. The Morgan fingerprint density at radius 2 is 1.79 bits per heavy atom. The molecule has 0 aliphatic rings. The van der Waals surface area contributed by atoms with Crippen molar-refractivity contribution in [2.45, 2.75) is 19.3 Å². The third-order valence-electron chi connectivity index (χ3n) is 3.94. The van der Waals surface area contributed by atoms with Crippen LogP contribution in [0.1, 0.15) is 19.3 Å². The molecule has 2 N–H and O–H groups in total. The van der Waals surface area contributed by atoms with Gasteiger partial charge in [0, 0.05) is 23.6 Å². The molecule has 0 atom stereocenters. The molecule has 124 valence electrons. The van der Waals surface area contributed by atoms with Crippen LogP contribution in [0.5, 0.6) is 0 Å². The molecule has 0 aliphatic carbocycles. The Bertz CT molecular complexity index is 872. The lowest BCUT2D eigenvalue weighted by Gasteiger charge is -2.03. The summed E-state index contributed by atoms with van der Waals surface area (Å²) >= 11 is 6.15. The van der Waals surface area contributed by atoms with E-state index in [1.165, 1.54) is 0 Å². The van der Waals surface area contributed by atoms with Crippen LogP contribution in [0.4, 0.5) is 0 Å². The Labute approximate surface area is 146 Å². The van der Waals surface area contributed by atoms with E-state index in [1.807, 2.05) is 54.6 Å². The van der Waals surface area contributed by atoms with Crippen LogP contribution >= 0.6 is 11.6 Å². The number of nitrogens with one attached hydrogen (secondary N) is 1. The molecule has 3 aromatic rings. The Kier molecular flexibility index (Phi) is 5.68. The molecular formula is C20H21ClNO2+. The molecule has 1 heterocycles. The summed E-state index contributed by atoms with van der Waals surface area (Å²) in [6.45, 7) is 1.10. The minimum absolute atomic E-state index is 0.251. The average Bonchev–Trinajstić information content (AvgIpc) is 2.62. The molecule has 0 radical (unpaired) electrons. The monoisotopic (exact) mass is 342 g/mol. The number of benzene rings is 2. The van der Waals surface area contributed by atoms with Crippen LogP contribution in [0, 0.1) is 0 Å². The quantitative estimate of drug-likeness (QED) is 0.677.